The van der Waals surface area contributed by atoms with Crippen LogP contribution in [-0.4, -0.2) is 46.8 Å². The van der Waals surface area contributed by atoms with E-state index in [0.29, 0.717) is 5.01 Å². The molecule has 0 saturated carbocycles. The fourth-order valence-electron chi connectivity index (χ4n) is 1.51. The zero-order valence-electron chi connectivity index (χ0n) is 12.2. The Kier molecular flexibility index (Phi) is 6.63. The van der Waals surface area contributed by atoms with Crippen molar-refractivity contribution >= 4 is 12.2 Å². The SMILES string of the molecule is CCOC(=O)N(C(=O)OCC)n1ccnc1C(O)OCC. The molecule has 1 unspecified atom stereocenters. The number of hydrogen-bond acceptors (Lipinski definition) is 7. The second-order valence-corrected chi connectivity index (χ2v) is 3.65. The van der Waals surface area contributed by atoms with Crippen LogP contribution in [-0.2, 0) is 14.2 Å². The summed E-state index contributed by atoms with van der Waals surface area (Å²) in [7, 11) is 0. The number of nitrogens with zero attached hydrogens (tertiary/aromatic N) is 3. The van der Waals surface area contributed by atoms with E-state index in [1.54, 1.807) is 20.8 Å². The van der Waals surface area contributed by atoms with E-state index < -0.39 is 18.5 Å². The molecule has 0 radical (unpaired) electrons. The summed E-state index contributed by atoms with van der Waals surface area (Å²) in [5.41, 5.74) is 0. The van der Waals surface area contributed by atoms with Gasteiger partial charge in [0.2, 0.25) is 6.29 Å². The molecule has 0 fully saturated rings. The third-order valence-electron chi connectivity index (χ3n) is 2.29. The highest BCUT2D eigenvalue weighted by molar-refractivity contribution is 6.01. The second kappa shape index (κ2) is 8.22. The fraction of sp³-hybridized carbons (Fsp3) is 0.583. The van der Waals surface area contributed by atoms with Gasteiger partial charge in [-0.1, -0.05) is 0 Å². The average Bonchev–Trinajstić information content (AvgIpc) is 2.89. The third-order valence-corrected chi connectivity index (χ3v) is 2.29. The molecule has 1 N–H and O–H groups in total. The molecular formula is C12H19N3O6. The molecule has 9 nitrogen and oxygen atoms in total. The molecule has 1 heterocycles. The zero-order chi connectivity index (χ0) is 15.8. The van der Waals surface area contributed by atoms with Gasteiger partial charge in [-0.25, -0.2) is 19.2 Å². The number of imide groups is 1. The fourth-order valence-corrected chi connectivity index (χ4v) is 1.51. The highest BCUT2D eigenvalue weighted by Crippen LogP contribution is 2.14. The largest absolute Gasteiger partial charge is 0.448 e. The zero-order valence-corrected chi connectivity index (χ0v) is 12.2. The molecule has 1 atom stereocenters. The number of carbonyl (C=O) groups is 2. The number of hydrogen-bond donors (Lipinski definition) is 1. The van der Waals surface area contributed by atoms with Crippen molar-refractivity contribution in [3.05, 3.63) is 18.2 Å². The summed E-state index contributed by atoms with van der Waals surface area (Å²) in [5.74, 6) is -0.0436. The summed E-state index contributed by atoms with van der Waals surface area (Å²) in [6.07, 6.45) is -0.664. The summed E-state index contributed by atoms with van der Waals surface area (Å²) in [4.78, 5) is 27.7. The van der Waals surface area contributed by atoms with Gasteiger partial charge < -0.3 is 19.3 Å². The maximum atomic E-state index is 11.9. The molecule has 2 amide bonds. The van der Waals surface area contributed by atoms with Gasteiger partial charge in [0.15, 0.2) is 5.82 Å². The first-order chi connectivity index (χ1) is 10.1. The van der Waals surface area contributed by atoms with Crippen LogP contribution < -0.4 is 5.01 Å². The second-order valence-electron chi connectivity index (χ2n) is 3.65. The highest BCUT2D eigenvalue weighted by atomic mass is 16.6. The van der Waals surface area contributed by atoms with Crippen molar-refractivity contribution in [2.75, 3.05) is 24.8 Å². The molecule has 0 aliphatic rings. The lowest BCUT2D eigenvalue weighted by Gasteiger charge is -2.22. The number of amides is 2. The van der Waals surface area contributed by atoms with E-state index in [2.05, 4.69) is 4.98 Å². The van der Waals surface area contributed by atoms with Crippen LogP contribution in [0.2, 0.25) is 0 Å². The third kappa shape index (κ3) is 4.17. The highest BCUT2D eigenvalue weighted by Gasteiger charge is 2.30. The molecule has 9 heteroatoms. The van der Waals surface area contributed by atoms with Crippen LogP contribution in [0.4, 0.5) is 9.59 Å². The van der Waals surface area contributed by atoms with Gasteiger partial charge in [0.1, 0.15) is 0 Å². The lowest BCUT2D eigenvalue weighted by Crippen LogP contribution is -2.47. The summed E-state index contributed by atoms with van der Waals surface area (Å²) >= 11 is 0. The van der Waals surface area contributed by atoms with Crippen LogP contribution in [0.5, 0.6) is 0 Å². The Bertz CT molecular complexity index is 457. The van der Waals surface area contributed by atoms with Crippen molar-refractivity contribution in [1.29, 1.82) is 0 Å². The average molecular weight is 301 g/mol. The van der Waals surface area contributed by atoms with Crippen LogP contribution in [0.1, 0.15) is 32.9 Å². The van der Waals surface area contributed by atoms with E-state index in [1.807, 2.05) is 0 Å². The summed E-state index contributed by atoms with van der Waals surface area (Å²) in [6, 6.07) is 0. The number of ether oxygens (including phenoxy) is 3. The number of aliphatic hydroxyl groups is 1. The molecule has 0 aliphatic carbocycles. The van der Waals surface area contributed by atoms with Crippen molar-refractivity contribution in [2.45, 2.75) is 27.1 Å². The first kappa shape index (κ1) is 16.9. The van der Waals surface area contributed by atoms with E-state index in [0.717, 1.165) is 4.68 Å². The van der Waals surface area contributed by atoms with E-state index >= 15 is 0 Å². The van der Waals surface area contributed by atoms with Crippen molar-refractivity contribution < 1.29 is 28.9 Å². The van der Waals surface area contributed by atoms with Gasteiger partial charge in [-0.05, 0) is 20.8 Å². The van der Waals surface area contributed by atoms with E-state index in [-0.39, 0.29) is 25.6 Å². The van der Waals surface area contributed by atoms with Crippen molar-refractivity contribution in [2.24, 2.45) is 0 Å². The number of imidazole rings is 1. The molecule has 0 aliphatic heterocycles. The van der Waals surface area contributed by atoms with Gasteiger partial charge in [-0.2, -0.15) is 0 Å². The summed E-state index contributed by atoms with van der Waals surface area (Å²) in [6.45, 7) is 5.27. The Morgan fingerprint density at radius 3 is 2.29 bits per heavy atom. The van der Waals surface area contributed by atoms with Gasteiger partial charge in [-0.15, -0.1) is 5.01 Å². The van der Waals surface area contributed by atoms with Crippen molar-refractivity contribution in [1.82, 2.24) is 9.66 Å². The quantitative estimate of drug-likeness (QED) is 0.786. The predicted molar refractivity (Wildman–Crippen MR) is 71.1 cm³/mol. The molecule has 0 spiro atoms. The van der Waals surface area contributed by atoms with Crippen LogP contribution >= 0.6 is 0 Å². The van der Waals surface area contributed by atoms with E-state index in [4.69, 9.17) is 14.2 Å². The number of carbonyl (C=O) groups excluding carboxylic acids is 2. The van der Waals surface area contributed by atoms with Crippen LogP contribution in [0, 0.1) is 0 Å². The Morgan fingerprint density at radius 1 is 1.24 bits per heavy atom. The molecule has 0 saturated heterocycles. The minimum Gasteiger partial charge on any atom is -0.448 e. The lowest BCUT2D eigenvalue weighted by molar-refractivity contribution is -0.105. The minimum absolute atomic E-state index is 0.0436. The van der Waals surface area contributed by atoms with Gasteiger partial charge in [0.25, 0.3) is 0 Å². The van der Waals surface area contributed by atoms with Crippen LogP contribution in [0.3, 0.4) is 0 Å². The molecule has 0 aromatic carbocycles. The molecular weight excluding hydrogens is 282 g/mol. The normalized spacial score (nSPS) is 11.8. The Morgan fingerprint density at radius 2 is 1.81 bits per heavy atom. The number of aliphatic hydroxyl groups excluding tert-OH is 1. The van der Waals surface area contributed by atoms with Gasteiger partial charge in [-0.3, -0.25) is 0 Å². The lowest BCUT2D eigenvalue weighted by atomic mass is 10.6. The Labute approximate surface area is 122 Å². The number of rotatable bonds is 6. The van der Waals surface area contributed by atoms with Crippen molar-refractivity contribution in [3.63, 3.8) is 0 Å². The Balaban J connectivity index is 3.11. The minimum atomic E-state index is -1.39. The smallest absolute Gasteiger partial charge is 0.439 e. The van der Waals surface area contributed by atoms with Gasteiger partial charge in [0.05, 0.1) is 13.2 Å². The monoisotopic (exact) mass is 301 g/mol. The van der Waals surface area contributed by atoms with Crippen LogP contribution in [0.25, 0.3) is 0 Å². The molecule has 1 aromatic rings. The number of aromatic nitrogens is 2. The maximum absolute atomic E-state index is 11.9. The molecule has 21 heavy (non-hydrogen) atoms. The van der Waals surface area contributed by atoms with Gasteiger partial charge >= 0.3 is 12.2 Å². The first-order valence-electron chi connectivity index (χ1n) is 6.53. The molecule has 1 rings (SSSR count). The van der Waals surface area contributed by atoms with Crippen molar-refractivity contribution in [3.8, 4) is 0 Å². The summed E-state index contributed by atoms with van der Waals surface area (Å²) in [5, 5.41) is 10.4. The standard InChI is InChI=1S/C12H19N3O6/c1-4-19-10(16)9-13-7-8-14(9)15(11(17)20-5-2)12(18)21-6-3/h7-8,10,16H,4-6H2,1-3H3. The molecule has 0 bridgehead atoms. The maximum Gasteiger partial charge on any atom is 0.439 e. The topological polar surface area (TPSA) is 103 Å². The van der Waals surface area contributed by atoms with Gasteiger partial charge in [0, 0.05) is 19.0 Å². The van der Waals surface area contributed by atoms with E-state index in [1.165, 1.54) is 12.4 Å². The van der Waals surface area contributed by atoms with E-state index in [9.17, 15) is 14.7 Å². The predicted octanol–water partition coefficient (Wildman–Crippen LogP) is 1.16. The van der Waals surface area contributed by atoms with Crippen LogP contribution in [0.15, 0.2) is 12.4 Å². The molecule has 118 valence electrons. The Hall–Kier alpha value is -2.13. The first-order valence-corrected chi connectivity index (χ1v) is 6.53. The summed E-state index contributed by atoms with van der Waals surface area (Å²) < 4.78 is 15.6. The molecule has 1 aromatic heterocycles.